The van der Waals surface area contributed by atoms with Crippen LogP contribution in [-0.2, 0) is 0 Å². The van der Waals surface area contributed by atoms with E-state index in [2.05, 4.69) is 0 Å². The van der Waals surface area contributed by atoms with E-state index in [0.717, 1.165) is 0 Å². The monoisotopic (exact) mass is 428 g/mol. The van der Waals surface area contributed by atoms with Gasteiger partial charge in [-0.1, -0.05) is 48.5 Å². The van der Waals surface area contributed by atoms with Crippen molar-refractivity contribution in [1.82, 2.24) is 0 Å². The summed E-state index contributed by atoms with van der Waals surface area (Å²) in [7, 11) is 0. The average molecular weight is 428 g/mol. The van der Waals surface area contributed by atoms with Gasteiger partial charge in [-0.3, -0.25) is 0 Å². The summed E-state index contributed by atoms with van der Waals surface area (Å²) in [6.07, 6.45) is 0. The lowest BCUT2D eigenvalue weighted by Crippen LogP contribution is -2.30. The maximum absolute atomic E-state index is 10.5. The van der Waals surface area contributed by atoms with E-state index in [0.29, 0.717) is 35.8 Å². The van der Waals surface area contributed by atoms with Crippen LogP contribution in [0.3, 0.4) is 0 Å². The Balaban J connectivity index is 1.75. The van der Waals surface area contributed by atoms with Gasteiger partial charge in [0.05, 0.1) is 22.7 Å². The lowest BCUT2D eigenvalue weighted by molar-refractivity contribution is 0.467. The van der Waals surface area contributed by atoms with Crippen LogP contribution in [0.15, 0.2) is 97.1 Å². The molecule has 0 bridgehead atoms. The molecule has 0 aliphatic heterocycles. The fraction of sp³-hybridized carbons (Fsp3) is 0.0769. The summed E-state index contributed by atoms with van der Waals surface area (Å²) in [6, 6.07) is 27.6. The molecule has 0 fully saturated rings. The number of phenols is 4. The minimum absolute atomic E-state index is 0.0763. The number of para-hydroxylation sites is 8. The molecule has 0 unspecified atom stereocenters. The standard InChI is InChI=1S/C26H24N2O4/c29-23-13-5-1-9-19(23)27(20-10-2-6-14-24(20)30)17-18-28(21-11-3-7-15-25(21)31)22-12-4-8-16-26(22)32/h1-16,29-32H,17-18H2. The van der Waals surface area contributed by atoms with Crippen LogP contribution in [0.2, 0.25) is 0 Å². The van der Waals surface area contributed by atoms with E-state index in [1.54, 1.807) is 82.6 Å². The lowest BCUT2D eigenvalue weighted by Gasteiger charge is -2.31. The second-order valence-electron chi connectivity index (χ2n) is 7.26. The zero-order chi connectivity index (χ0) is 22.5. The van der Waals surface area contributed by atoms with E-state index >= 15 is 0 Å². The zero-order valence-electron chi connectivity index (χ0n) is 17.3. The highest BCUT2D eigenvalue weighted by Crippen LogP contribution is 2.40. The summed E-state index contributed by atoms with van der Waals surface area (Å²) in [5.41, 5.74) is 2.12. The van der Waals surface area contributed by atoms with Gasteiger partial charge in [-0.25, -0.2) is 0 Å². The summed E-state index contributed by atoms with van der Waals surface area (Å²) >= 11 is 0. The summed E-state index contributed by atoms with van der Waals surface area (Å²) in [5.74, 6) is 0.305. The van der Waals surface area contributed by atoms with Crippen LogP contribution in [0, 0.1) is 0 Å². The van der Waals surface area contributed by atoms with Crippen LogP contribution in [0.5, 0.6) is 23.0 Å². The van der Waals surface area contributed by atoms with Crippen molar-refractivity contribution in [2.45, 2.75) is 0 Å². The van der Waals surface area contributed by atoms with Crippen LogP contribution >= 0.6 is 0 Å². The van der Waals surface area contributed by atoms with Crippen LogP contribution in [0.1, 0.15) is 0 Å². The van der Waals surface area contributed by atoms with Crippen LogP contribution in [0.4, 0.5) is 22.7 Å². The molecule has 0 saturated heterocycles. The Kier molecular flexibility index (Phi) is 6.03. The molecule has 0 aliphatic rings. The van der Waals surface area contributed by atoms with Crippen molar-refractivity contribution in [2.24, 2.45) is 0 Å². The minimum Gasteiger partial charge on any atom is -0.506 e. The van der Waals surface area contributed by atoms with E-state index in [1.807, 2.05) is 24.3 Å². The molecule has 0 aromatic heterocycles. The molecule has 4 N–H and O–H groups in total. The molecule has 6 nitrogen and oxygen atoms in total. The number of aromatic hydroxyl groups is 4. The van der Waals surface area contributed by atoms with Crippen LogP contribution in [-0.4, -0.2) is 33.5 Å². The van der Waals surface area contributed by atoms with Crippen LogP contribution in [0.25, 0.3) is 0 Å². The number of nitrogens with zero attached hydrogens (tertiary/aromatic N) is 2. The first-order valence-corrected chi connectivity index (χ1v) is 10.2. The Morgan fingerprint density at radius 3 is 0.812 bits per heavy atom. The predicted molar refractivity (Wildman–Crippen MR) is 126 cm³/mol. The first-order valence-electron chi connectivity index (χ1n) is 10.2. The highest BCUT2D eigenvalue weighted by atomic mass is 16.3. The largest absolute Gasteiger partial charge is 0.506 e. The third-order valence-corrected chi connectivity index (χ3v) is 5.24. The first-order chi connectivity index (χ1) is 15.6. The van der Waals surface area contributed by atoms with Crippen molar-refractivity contribution in [1.29, 1.82) is 0 Å². The molecule has 0 spiro atoms. The number of rotatable bonds is 7. The second kappa shape index (κ2) is 9.22. The van der Waals surface area contributed by atoms with Gasteiger partial charge in [-0.15, -0.1) is 0 Å². The molecule has 0 amide bonds. The maximum Gasteiger partial charge on any atom is 0.139 e. The molecule has 4 aromatic rings. The summed E-state index contributed by atoms with van der Waals surface area (Å²) in [4.78, 5) is 3.61. The summed E-state index contributed by atoms with van der Waals surface area (Å²) < 4.78 is 0. The Hall–Kier alpha value is -4.32. The SMILES string of the molecule is Oc1ccccc1N(CCN(c1ccccc1O)c1ccccc1O)c1ccccc1O. The van der Waals surface area contributed by atoms with Crippen molar-refractivity contribution < 1.29 is 20.4 Å². The van der Waals surface area contributed by atoms with Crippen molar-refractivity contribution in [3.8, 4) is 23.0 Å². The molecule has 0 radical (unpaired) electrons. The molecule has 0 heterocycles. The van der Waals surface area contributed by atoms with E-state index in [1.165, 1.54) is 0 Å². The Labute approximate surface area is 186 Å². The Morgan fingerprint density at radius 1 is 0.375 bits per heavy atom. The third kappa shape index (κ3) is 4.25. The number of anilines is 4. The molecular weight excluding hydrogens is 404 g/mol. The minimum atomic E-state index is 0.0763. The fourth-order valence-electron chi connectivity index (χ4n) is 3.71. The van der Waals surface area contributed by atoms with E-state index in [4.69, 9.17) is 0 Å². The molecular formula is C26H24N2O4. The molecule has 32 heavy (non-hydrogen) atoms. The Bertz CT molecular complexity index is 1030. The maximum atomic E-state index is 10.5. The van der Waals surface area contributed by atoms with E-state index < -0.39 is 0 Å². The average Bonchev–Trinajstić information content (AvgIpc) is 2.80. The number of hydrogen-bond donors (Lipinski definition) is 4. The first kappa shape index (κ1) is 20.9. The lowest BCUT2D eigenvalue weighted by atomic mass is 10.2. The topological polar surface area (TPSA) is 87.4 Å². The van der Waals surface area contributed by atoms with Gasteiger partial charge >= 0.3 is 0 Å². The van der Waals surface area contributed by atoms with Gasteiger partial charge in [0.25, 0.3) is 0 Å². The quantitative estimate of drug-likeness (QED) is 0.312. The van der Waals surface area contributed by atoms with E-state index in [9.17, 15) is 20.4 Å². The molecule has 6 heteroatoms. The highest BCUT2D eigenvalue weighted by molar-refractivity contribution is 5.75. The van der Waals surface area contributed by atoms with Crippen molar-refractivity contribution in [3.63, 3.8) is 0 Å². The molecule has 4 aromatic carbocycles. The molecule has 0 atom stereocenters. The van der Waals surface area contributed by atoms with Gasteiger partial charge in [0, 0.05) is 13.1 Å². The van der Waals surface area contributed by atoms with Crippen molar-refractivity contribution in [3.05, 3.63) is 97.1 Å². The normalized spacial score (nSPS) is 10.6. The van der Waals surface area contributed by atoms with Gasteiger partial charge in [0.15, 0.2) is 0 Å². The molecule has 0 saturated carbocycles. The zero-order valence-corrected chi connectivity index (χ0v) is 17.3. The molecule has 0 aliphatic carbocycles. The van der Waals surface area contributed by atoms with Crippen LogP contribution < -0.4 is 9.80 Å². The third-order valence-electron chi connectivity index (χ3n) is 5.24. The summed E-state index contributed by atoms with van der Waals surface area (Å²) in [6.45, 7) is 0.662. The smallest absolute Gasteiger partial charge is 0.139 e. The fourth-order valence-corrected chi connectivity index (χ4v) is 3.71. The van der Waals surface area contributed by atoms with Crippen molar-refractivity contribution in [2.75, 3.05) is 22.9 Å². The van der Waals surface area contributed by atoms with Crippen molar-refractivity contribution >= 4 is 22.7 Å². The van der Waals surface area contributed by atoms with Gasteiger partial charge in [0.2, 0.25) is 0 Å². The van der Waals surface area contributed by atoms with Gasteiger partial charge in [0.1, 0.15) is 23.0 Å². The second-order valence-corrected chi connectivity index (χ2v) is 7.26. The molecule has 4 rings (SSSR count). The molecule has 162 valence electrons. The predicted octanol–water partition coefficient (Wildman–Crippen LogP) is 5.49. The Morgan fingerprint density at radius 2 is 0.594 bits per heavy atom. The van der Waals surface area contributed by atoms with E-state index in [-0.39, 0.29) is 23.0 Å². The summed E-state index contributed by atoms with van der Waals surface area (Å²) in [5, 5.41) is 42.0. The number of hydrogen-bond acceptors (Lipinski definition) is 6. The van der Waals surface area contributed by atoms with Gasteiger partial charge in [-0.05, 0) is 48.5 Å². The highest BCUT2D eigenvalue weighted by Gasteiger charge is 2.21. The number of phenolic OH excluding ortho intramolecular Hbond substituents is 4. The number of benzene rings is 4. The van der Waals surface area contributed by atoms with Gasteiger partial charge in [-0.2, -0.15) is 0 Å². The van der Waals surface area contributed by atoms with Gasteiger partial charge < -0.3 is 30.2 Å².